The van der Waals surface area contributed by atoms with E-state index >= 15 is 0 Å². The Kier molecular flexibility index (Phi) is 5.37. The van der Waals surface area contributed by atoms with Crippen LogP contribution in [0, 0.1) is 6.92 Å². The summed E-state index contributed by atoms with van der Waals surface area (Å²) in [7, 11) is 0. The monoisotopic (exact) mass is 261 g/mol. The number of piperazine rings is 1. The van der Waals surface area contributed by atoms with E-state index in [0.717, 1.165) is 39.4 Å². The molecule has 1 aromatic carbocycles. The molecule has 0 amide bonds. The van der Waals surface area contributed by atoms with Crippen molar-refractivity contribution in [1.29, 1.82) is 0 Å². The summed E-state index contributed by atoms with van der Waals surface area (Å²) in [6.07, 6.45) is 0. The molecule has 1 aliphatic heterocycles. The van der Waals surface area contributed by atoms with Crippen molar-refractivity contribution in [2.24, 2.45) is 0 Å². The smallest absolute Gasteiger partial charge is 0.0484 e. The summed E-state index contributed by atoms with van der Waals surface area (Å²) >= 11 is 0. The van der Waals surface area contributed by atoms with Crippen LogP contribution in [0.4, 0.5) is 0 Å². The molecule has 2 N–H and O–H groups in total. The molecule has 2 rings (SSSR count). The number of rotatable bonds is 5. The van der Waals surface area contributed by atoms with Crippen molar-refractivity contribution in [2.75, 3.05) is 32.8 Å². The van der Waals surface area contributed by atoms with Crippen molar-refractivity contribution in [3.63, 3.8) is 0 Å². The standard InChI is InChI=1S/C16H27N3/c1-13(2)15-5-4-14(3)16(10-15)11-18-12-19-8-6-17-7-9-19/h4-5,10,13,17-18H,6-9,11-12H2,1-3H3. The van der Waals surface area contributed by atoms with Crippen molar-refractivity contribution in [2.45, 2.75) is 33.2 Å². The summed E-state index contributed by atoms with van der Waals surface area (Å²) in [5.41, 5.74) is 4.25. The lowest BCUT2D eigenvalue weighted by Gasteiger charge is -2.27. The van der Waals surface area contributed by atoms with Gasteiger partial charge in [0.25, 0.3) is 0 Å². The maximum atomic E-state index is 3.58. The number of aryl methyl sites for hydroxylation is 1. The highest BCUT2D eigenvalue weighted by Gasteiger charge is 2.09. The number of hydrogen-bond acceptors (Lipinski definition) is 3. The second-order valence-electron chi connectivity index (χ2n) is 5.79. The zero-order valence-corrected chi connectivity index (χ0v) is 12.5. The van der Waals surface area contributed by atoms with Crippen molar-refractivity contribution in [3.8, 4) is 0 Å². The van der Waals surface area contributed by atoms with E-state index in [1.807, 2.05) is 0 Å². The third kappa shape index (κ3) is 4.30. The molecule has 1 fully saturated rings. The molecule has 3 nitrogen and oxygen atoms in total. The van der Waals surface area contributed by atoms with Gasteiger partial charge in [0.1, 0.15) is 0 Å². The lowest BCUT2D eigenvalue weighted by Crippen LogP contribution is -2.46. The lowest BCUT2D eigenvalue weighted by atomic mass is 9.98. The average Bonchev–Trinajstić information content (AvgIpc) is 2.42. The van der Waals surface area contributed by atoms with Gasteiger partial charge in [0.2, 0.25) is 0 Å². The van der Waals surface area contributed by atoms with Crippen molar-refractivity contribution < 1.29 is 0 Å². The van der Waals surface area contributed by atoms with Crippen molar-refractivity contribution in [3.05, 3.63) is 34.9 Å². The summed E-state index contributed by atoms with van der Waals surface area (Å²) < 4.78 is 0. The fourth-order valence-electron chi connectivity index (χ4n) is 2.46. The molecule has 0 atom stereocenters. The lowest BCUT2D eigenvalue weighted by molar-refractivity contribution is 0.223. The number of nitrogens with zero attached hydrogens (tertiary/aromatic N) is 1. The summed E-state index contributed by atoms with van der Waals surface area (Å²) in [6, 6.07) is 6.85. The second kappa shape index (κ2) is 7.04. The average molecular weight is 261 g/mol. The molecule has 0 unspecified atom stereocenters. The van der Waals surface area contributed by atoms with Gasteiger partial charge >= 0.3 is 0 Å². The minimum atomic E-state index is 0.604. The first kappa shape index (κ1) is 14.5. The largest absolute Gasteiger partial charge is 0.314 e. The molecule has 1 saturated heterocycles. The molecular formula is C16H27N3. The van der Waals surface area contributed by atoms with E-state index in [2.05, 4.69) is 54.5 Å². The Labute approximate surface area is 117 Å². The third-order valence-electron chi connectivity index (χ3n) is 3.90. The molecule has 1 aromatic rings. The topological polar surface area (TPSA) is 27.3 Å². The Balaban J connectivity index is 1.86. The maximum Gasteiger partial charge on any atom is 0.0484 e. The normalized spacial score (nSPS) is 17.1. The van der Waals surface area contributed by atoms with Gasteiger partial charge in [-0.2, -0.15) is 0 Å². The van der Waals surface area contributed by atoms with E-state index in [-0.39, 0.29) is 0 Å². The Hall–Kier alpha value is -0.900. The van der Waals surface area contributed by atoms with E-state index in [1.165, 1.54) is 16.7 Å². The first-order valence-corrected chi connectivity index (χ1v) is 7.40. The van der Waals surface area contributed by atoms with Crippen LogP contribution >= 0.6 is 0 Å². The SMILES string of the molecule is Cc1ccc(C(C)C)cc1CNCN1CCNCC1. The highest BCUT2D eigenvalue weighted by Crippen LogP contribution is 2.18. The summed E-state index contributed by atoms with van der Waals surface area (Å²) in [5, 5.41) is 6.96. The third-order valence-corrected chi connectivity index (χ3v) is 3.90. The van der Waals surface area contributed by atoms with Gasteiger partial charge < -0.3 is 10.6 Å². The van der Waals surface area contributed by atoms with Crippen LogP contribution in [-0.4, -0.2) is 37.7 Å². The minimum Gasteiger partial charge on any atom is -0.314 e. The highest BCUT2D eigenvalue weighted by atomic mass is 15.2. The van der Waals surface area contributed by atoms with E-state index in [0.29, 0.717) is 5.92 Å². The predicted octanol–water partition coefficient (Wildman–Crippen LogP) is 2.07. The van der Waals surface area contributed by atoms with Gasteiger partial charge in [0.05, 0.1) is 0 Å². The van der Waals surface area contributed by atoms with Gasteiger partial charge in [-0.3, -0.25) is 4.90 Å². The number of hydrogen-bond donors (Lipinski definition) is 2. The molecule has 0 bridgehead atoms. The molecule has 3 heteroatoms. The van der Waals surface area contributed by atoms with E-state index in [1.54, 1.807) is 0 Å². The first-order chi connectivity index (χ1) is 9.16. The van der Waals surface area contributed by atoms with Crippen LogP contribution in [0.1, 0.15) is 36.5 Å². The van der Waals surface area contributed by atoms with Gasteiger partial charge in [0, 0.05) is 39.4 Å². The van der Waals surface area contributed by atoms with Crippen molar-refractivity contribution in [1.82, 2.24) is 15.5 Å². The molecule has 1 heterocycles. The quantitative estimate of drug-likeness (QED) is 0.850. The summed E-state index contributed by atoms with van der Waals surface area (Å²) in [6.45, 7) is 13.2. The van der Waals surface area contributed by atoms with Crippen LogP contribution in [0.15, 0.2) is 18.2 Å². The summed E-state index contributed by atoms with van der Waals surface area (Å²) in [4.78, 5) is 2.47. The molecule has 0 saturated carbocycles. The van der Waals surface area contributed by atoms with Crippen LogP contribution in [0.25, 0.3) is 0 Å². The van der Waals surface area contributed by atoms with Gasteiger partial charge in [0.15, 0.2) is 0 Å². The fourth-order valence-corrected chi connectivity index (χ4v) is 2.46. The molecule has 19 heavy (non-hydrogen) atoms. The zero-order valence-electron chi connectivity index (χ0n) is 12.5. The maximum absolute atomic E-state index is 3.58. The Morgan fingerprint density at radius 2 is 2.00 bits per heavy atom. The Morgan fingerprint density at radius 1 is 1.26 bits per heavy atom. The second-order valence-corrected chi connectivity index (χ2v) is 5.79. The fraction of sp³-hybridized carbons (Fsp3) is 0.625. The van der Waals surface area contributed by atoms with E-state index in [4.69, 9.17) is 0 Å². The van der Waals surface area contributed by atoms with Crippen LogP contribution in [0.2, 0.25) is 0 Å². The van der Waals surface area contributed by atoms with E-state index in [9.17, 15) is 0 Å². The van der Waals surface area contributed by atoms with E-state index < -0.39 is 0 Å². The van der Waals surface area contributed by atoms with Crippen molar-refractivity contribution >= 4 is 0 Å². The van der Waals surface area contributed by atoms with Gasteiger partial charge in [-0.05, 0) is 29.5 Å². The number of nitrogens with one attached hydrogen (secondary N) is 2. The van der Waals surface area contributed by atoms with Crippen LogP contribution < -0.4 is 10.6 Å². The molecule has 1 aliphatic rings. The molecule has 0 radical (unpaired) electrons. The minimum absolute atomic E-state index is 0.604. The predicted molar refractivity (Wildman–Crippen MR) is 81.4 cm³/mol. The van der Waals surface area contributed by atoms with Crippen LogP contribution in [-0.2, 0) is 6.54 Å². The molecule has 106 valence electrons. The summed E-state index contributed by atoms with van der Waals surface area (Å²) in [5.74, 6) is 0.604. The van der Waals surface area contributed by atoms with Crippen LogP contribution in [0.5, 0.6) is 0 Å². The molecule has 0 spiro atoms. The number of benzene rings is 1. The molecule has 0 aromatic heterocycles. The van der Waals surface area contributed by atoms with Crippen LogP contribution in [0.3, 0.4) is 0 Å². The van der Waals surface area contributed by atoms with Gasteiger partial charge in [-0.1, -0.05) is 32.0 Å². The van der Waals surface area contributed by atoms with Gasteiger partial charge in [-0.15, -0.1) is 0 Å². The van der Waals surface area contributed by atoms with Gasteiger partial charge in [-0.25, -0.2) is 0 Å². The molecule has 0 aliphatic carbocycles. The first-order valence-electron chi connectivity index (χ1n) is 7.40. The zero-order chi connectivity index (χ0) is 13.7. The Morgan fingerprint density at radius 3 is 2.68 bits per heavy atom. The molecular weight excluding hydrogens is 234 g/mol. The Bertz CT molecular complexity index is 395. The highest BCUT2D eigenvalue weighted by molar-refractivity contribution is 5.32.